The van der Waals surface area contributed by atoms with Crippen molar-refractivity contribution in [2.24, 2.45) is 0 Å². The van der Waals surface area contributed by atoms with Crippen LogP contribution in [-0.2, 0) is 0 Å². The summed E-state index contributed by atoms with van der Waals surface area (Å²) in [6, 6.07) is 7.66. The van der Waals surface area contributed by atoms with Gasteiger partial charge < -0.3 is 10.2 Å². The summed E-state index contributed by atoms with van der Waals surface area (Å²) in [5.74, 6) is 0.921. The molecular weight excluding hydrogens is 396 g/mol. The molecule has 1 aliphatic rings. The summed E-state index contributed by atoms with van der Waals surface area (Å²) >= 11 is 1.49. The van der Waals surface area contributed by atoms with Crippen LogP contribution in [0.25, 0.3) is 0 Å². The van der Waals surface area contributed by atoms with E-state index in [2.05, 4.69) is 29.1 Å². The minimum Gasteiger partial charge on any atom is -0.349 e. The van der Waals surface area contributed by atoms with Gasteiger partial charge in [0.15, 0.2) is 0 Å². The summed E-state index contributed by atoms with van der Waals surface area (Å²) in [5, 5.41) is 3.87. The zero-order valence-electron chi connectivity index (χ0n) is 18.4. The third kappa shape index (κ3) is 4.83. The van der Waals surface area contributed by atoms with Crippen molar-refractivity contribution in [3.8, 4) is 0 Å². The monoisotopic (exact) mass is 426 g/mol. The molecule has 1 aromatic heterocycles. The second-order valence-electron chi connectivity index (χ2n) is 8.06. The number of nitrogens with zero attached hydrogens (tertiary/aromatic N) is 3. The molecule has 0 spiro atoms. The van der Waals surface area contributed by atoms with Gasteiger partial charge in [0.2, 0.25) is 0 Å². The van der Waals surface area contributed by atoms with Gasteiger partial charge >= 0.3 is 0 Å². The molecule has 1 fully saturated rings. The number of benzene rings is 1. The Morgan fingerprint density at radius 3 is 2.40 bits per heavy atom. The van der Waals surface area contributed by atoms with E-state index in [4.69, 9.17) is 0 Å². The molecule has 7 heteroatoms. The normalized spacial score (nSPS) is 14.8. The van der Waals surface area contributed by atoms with E-state index in [9.17, 15) is 9.59 Å². The fourth-order valence-corrected chi connectivity index (χ4v) is 4.32. The predicted molar refractivity (Wildman–Crippen MR) is 120 cm³/mol. The first-order valence-electron chi connectivity index (χ1n) is 10.4. The van der Waals surface area contributed by atoms with E-state index in [-0.39, 0.29) is 23.8 Å². The highest BCUT2D eigenvalue weighted by molar-refractivity contribution is 7.98. The molecule has 1 aliphatic heterocycles. The average molecular weight is 427 g/mol. The van der Waals surface area contributed by atoms with Crippen molar-refractivity contribution in [2.75, 3.05) is 19.3 Å². The number of nitrogens with one attached hydrogen (secondary N) is 1. The van der Waals surface area contributed by atoms with Crippen molar-refractivity contribution in [3.05, 3.63) is 52.5 Å². The van der Waals surface area contributed by atoms with E-state index in [1.54, 1.807) is 0 Å². The minimum atomic E-state index is -0.0453. The van der Waals surface area contributed by atoms with Gasteiger partial charge in [0, 0.05) is 30.6 Å². The first-order chi connectivity index (χ1) is 14.3. The quantitative estimate of drug-likeness (QED) is 0.578. The van der Waals surface area contributed by atoms with Crippen LogP contribution < -0.4 is 5.32 Å². The molecule has 0 saturated carbocycles. The first-order valence-corrected chi connectivity index (χ1v) is 11.6. The lowest BCUT2D eigenvalue weighted by atomic mass is 10.0. The van der Waals surface area contributed by atoms with E-state index < -0.39 is 0 Å². The van der Waals surface area contributed by atoms with Gasteiger partial charge in [-0.25, -0.2) is 9.97 Å². The number of thioether (sulfide) groups is 1. The molecule has 2 amide bonds. The van der Waals surface area contributed by atoms with Crippen LogP contribution in [0.15, 0.2) is 29.3 Å². The predicted octanol–water partition coefficient (Wildman–Crippen LogP) is 3.97. The molecule has 0 atom stereocenters. The summed E-state index contributed by atoms with van der Waals surface area (Å²) in [4.78, 5) is 36.8. The summed E-state index contributed by atoms with van der Waals surface area (Å²) in [7, 11) is 0. The maximum absolute atomic E-state index is 13.2. The van der Waals surface area contributed by atoms with Crippen LogP contribution in [-0.4, -0.2) is 52.1 Å². The number of aryl methyl sites for hydroxylation is 2. The zero-order chi connectivity index (χ0) is 21.8. The molecule has 0 unspecified atom stereocenters. The molecule has 160 valence electrons. The van der Waals surface area contributed by atoms with Crippen LogP contribution in [0.2, 0.25) is 0 Å². The molecule has 6 nitrogen and oxygen atoms in total. The molecule has 0 radical (unpaired) electrons. The van der Waals surface area contributed by atoms with Crippen LogP contribution in [0.5, 0.6) is 0 Å². The Hall–Kier alpha value is -2.41. The van der Waals surface area contributed by atoms with Gasteiger partial charge in [-0.3, -0.25) is 9.59 Å². The maximum atomic E-state index is 13.2. The van der Waals surface area contributed by atoms with Crippen molar-refractivity contribution in [1.29, 1.82) is 0 Å². The number of piperidine rings is 1. The smallest absolute Gasteiger partial charge is 0.258 e. The molecule has 3 rings (SSSR count). The van der Waals surface area contributed by atoms with Crippen molar-refractivity contribution in [2.45, 2.75) is 57.5 Å². The number of aromatic nitrogens is 2. The fraction of sp³-hybridized carbons (Fsp3) is 0.478. The van der Waals surface area contributed by atoms with Crippen molar-refractivity contribution < 1.29 is 9.59 Å². The molecule has 1 saturated heterocycles. The van der Waals surface area contributed by atoms with Crippen LogP contribution in [0.4, 0.5) is 0 Å². The van der Waals surface area contributed by atoms with Crippen molar-refractivity contribution in [3.63, 3.8) is 0 Å². The highest BCUT2D eigenvalue weighted by atomic mass is 32.2. The minimum absolute atomic E-state index is 0.0177. The average Bonchev–Trinajstić information content (AvgIpc) is 2.73. The largest absolute Gasteiger partial charge is 0.349 e. The van der Waals surface area contributed by atoms with Gasteiger partial charge in [-0.2, -0.15) is 0 Å². The van der Waals surface area contributed by atoms with E-state index >= 15 is 0 Å². The van der Waals surface area contributed by atoms with E-state index in [0.29, 0.717) is 24.2 Å². The molecule has 2 heterocycles. The first kappa shape index (κ1) is 22.3. The highest BCUT2D eigenvalue weighted by Crippen LogP contribution is 2.25. The maximum Gasteiger partial charge on any atom is 0.258 e. The van der Waals surface area contributed by atoms with E-state index in [0.717, 1.165) is 34.9 Å². The van der Waals surface area contributed by atoms with Crippen LogP contribution in [0.3, 0.4) is 0 Å². The van der Waals surface area contributed by atoms with Gasteiger partial charge in [-0.05, 0) is 44.6 Å². The molecule has 0 bridgehead atoms. The molecule has 1 aromatic carbocycles. The topological polar surface area (TPSA) is 75.2 Å². The summed E-state index contributed by atoms with van der Waals surface area (Å²) < 4.78 is 0. The summed E-state index contributed by atoms with van der Waals surface area (Å²) in [6.45, 7) is 9.14. The Morgan fingerprint density at radius 2 is 1.80 bits per heavy atom. The highest BCUT2D eigenvalue weighted by Gasteiger charge is 2.28. The lowest BCUT2D eigenvalue weighted by Crippen LogP contribution is -2.47. The van der Waals surface area contributed by atoms with Crippen LogP contribution >= 0.6 is 11.8 Å². The second kappa shape index (κ2) is 9.60. The fourth-order valence-electron chi connectivity index (χ4n) is 3.70. The van der Waals surface area contributed by atoms with Crippen LogP contribution in [0, 0.1) is 13.8 Å². The number of rotatable bonds is 5. The number of carbonyl (C=O) groups is 2. The number of hydrogen-bond donors (Lipinski definition) is 1. The molecule has 30 heavy (non-hydrogen) atoms. The summed E-state index contributed by atoms with van der Waals surface area (Å²) in [5.41, 5.74) is 3.01. The Bertz CT molecular complexity index is 937. The number of carbonyl (C=O) groups excluding carboxylic acids is 2. The van der Waals surface area contributed by atoms with Crippen molar-refractivity contribution in [1.82, 2.24) is 20.2 Å². The van der Waals surface area contributed by atoms with Crippen molar-refractivity contribution >= 4 is 23.6 Å². The third-order valence-corrected chi connectivity index (χ3v) is 6.19. The molecular formula is C23H30N4O2S. The molecule has 1 N–H and O–H groups in total. The van der Waals surface area contributed by atoms with Gasteiger partial charge in [0.25, 0.3) is 11.8 Å². The number of likely N-dealkylation sites (tertiary alicyclic amines) is 1. The van der Waals surface area contributed by atoms with Gasteiger partial charge in [0.05, 0.1) is 11.3 Å². The summed E-state index contributed by atoms with van der Waals surface area (Å²) in [6.07, 6.45) is 3.42. The van der Waals surface area contributed by atoms with E-state index in [1.807, 2.05) is 49.3 Å². The standard InChI is InChI=1S/C23H30N4O2S/c1-14(2)20-24-16(4)19(22(26-20)30-5)23(29)27-12-10-17(11-13-27)25-21(28)18-9-7-6-8-15(18)3/h6-9,14,17H,10-13H2,1-5H3,(H,25,28). The molecule has 2 aromatic rings. The lowest BCUT2D eigenvalue weighted by molar-refractivity contribution is 0.0692. The number of hydrogen-bond acceptors (Lipinski definition) is 5. The van der Waals surface area contributed by atoms with Crippen LogP contribution in [0.1, 0.15) is 70.4 Å². The van der Waals surface area contributed by atoms with Gasteiger partial charge in [-0.15, -0.1) is 11.8 Å². The molecule has 0 aliphatic carbocycles. The zero-order valence-corrected chi connectivity index (χ0v) is 19.2. The van der Waals surface area contributed by atoms with Gasteiger partial charge in [0.1, 0.15) is 10.9 Å². The van der Waals surface area contributed by atoms with Gasteiger partial charge in [-0.1, -0.05) is 32.0 Å². The van der Waals surface area contributed by atoms with E-state index in [1.165, 1.54) is 11.8 Å². The SMILES string of the molecule is CSc1nc(C(C)C)nc(C)c1C(=O)N1CCC(NC(=O)c2ccccc2C)CC1. The third-order valence-electron chi connectivity index (χ3n) is 5.50. The Labute approximate surface area is 182 Å². The lowest BCUT2D eigenvalue weighted by Gasteiger charge is -2.33. The Morgan fingerprint density at radius 1 is 1.13 bits per heavy atom. The number of amides is 2. The Balaban J connectivity index is 1.66. The second-order valence-corrected chi connectivity index (χ2v) is 8.86. The Kier molecular flexibility index (Phi) is 7.13.